The third-order valence-corrected chi connectivity index (χ3v) is 4.95. The maximum Gasteiger partial charge on any atom is 0.338 e. The highest BCUT2D eigenvalue weighted by atomic mass is 16.5. The minimum atomic E-state index is -0.514. The lowest BCUT2D eigenvalue weighted by Crippen LogP contribution is -2.16. The quantitative estimate of drug-likeness (QED) is 0.513. The molecule has 2 aromatic carbocycles. The minimum absolute atomic E-state index is 0.0339. The lowest BCUT2D eigenvalue weighted by atomic mass is 10.2. The molecule has 1 saturated heterocycles. The number of rotatable bonds is 8. The van der Waals surface area contributed by atoms with Gasteiger partial charge in [-0.05, 0) is 49.6 Å². The average molecular weight is 435 g/mol. The summed E-state index contributed by atoms with van der Waals surface area (Å²) in [4.78, 5) is 25.0. The molecule has 166 valence electrons. The Morgan fingerprint density at radius 2 is 2.06 bits per heavy atom. The van der Waals surface area contributed by atoms with E-state index in [1.807, 2.05) is 31.2 Å². The summed E-state index contributed by atoms with van der Waals surface area (Å²) in [5, 5.41) is 3.11. The molecule has 9 heteroatoms. The van der Waals surface area contributed by atoms with Gasteiger partial charge in [0.2, 0.25) is 11.9 Å². The van der Waals surface area contributed by atoms with E-state index in [1.54, 1.807) is 24.3 Å². The number of carbonyl (C=O) groups excluding carboxylic acids is 1. The Bertz CT molecular complexity index is 1090. The number of benzene rings is 2. The van der Waals surface area contributed by atoms with E-state index in [0.29, 0.717) is 17.9 Å². The van der Waals surface area contributed by atoms with E-state index in [4.69, 9.17) is 19.9 Å². The van der Waals surface area contributed by atoms with Gasteiger partial charge in [-0.25, -0.2) is 4.79 Å². The van der Waals surface area contributed by atoms with Crippen LogP contribution in [0.5, 0.6) is 5.75 Å². The number of esters is 1. The smallest absolute Gasteiger partial charge is 0.338 e. The molecule has 4 rings (SSSR count). The van der Waals surface area contributed by atoms with E-state index in [9.17, 15) is 4.79 Å². The van der Waals surface area contributed by atoms with Crippen LogP contribution in [0, 0.1) is 6.92 Å². The summed E-state index contributed by atoms with van der Waals surface area (Å²) < 4.78 is 16.7. The number of ether oxygens (including phenoxy) is 3. The topological polar surface area (TPSA) is 121 Å². The second-order valence-electron chi connectivity index (χ2n) is 7.42. The van der Waals surface area contributed by atoms with Gasteiger partial charge in [0.05, 0.1) is 11.7 Å². The fraction of sp³-hybridized carbons (Fsp3) is 0.304. The van der Waals surface area contributed by atoms with E-state index >= 15 is 0 Å². The monoisotopic (exact) mass is 435 g/mol. The maximum absolute atomic E-state index is 12.5. The van der Waals surface area contributed by atoms with E-state index < -0.39 is 5.97 Å². The second-order valence-corrected chi connectivity index (χ2v) is 7.42. The summed E-state index contributed by atoms with van der Waals surface area (Å²) in [7, 11) is 0. The van der Waals surface area contributed by atoms with Crippen molar-refractivity contribution in [1.82, 2.24) is 15.0 Å². The number of aryl methyl sites for hydroxylation is 1. The van der Waals surface area contributed by atoms with Gasteiger partial charge in [0.15, 0.2) is 12.4 Å². The number of hydrogen-bond acceptors (Lipinski definition) is 9. The molecule has 2 heterocycles. The van der Waals surface area contributed by atoms with Gasteiger partial charge in [0.25, 0.3) is 0 Å². The number of nitrogens with one attached hydrogen (secondary N) is 1. The van der Waals surface area contributed by atoms with Gasteiger partial charge in [0, 0.05) is 12.3 Å². The first-order valence-corrected chi connectivity index (χ1v) is 10.4. The summed E-state index contributed by atoms with van der Waals surface area (Å²) in [6.45, 7) is 3.05. The van der Waals surface area contributed by atoms with Gasteiger partial charge in [-0.15, -0.1) is 0 Å². The molecule has 0 saturated carbocycles. The van der Waals surface area contributed by atoms with Crippen molar-refractivity contribution in [2.75, 3.05) is 24.3 Å². The largest absolute Gasteiger partial charge is 0.491 e. The molecule has 0 amide bonds. The molecule has 1 aliphatic heterocycles. The second kappa shape index (κ2) is 10.1. The van der Waals surface area contributed by atoms with Gasteiger partial charge in [-0.3, -0.25) is 0 Å². The Labute approximate surface area is 186 Å². The highest BCUT2D eigenvalue weighted by molar-refractivity contribution is 5.89. The van der Waals surface area contributed by atoms with Crippen LogP contribution in [-0.4, -0.2) is 40.2 Å². The molecule has 0 radical (unpaired) electrons. The first-order chi connectivity index (χ1) is 15.6. The molecular weight excluding hydrogens is 410 g/mol. The van der Waals surface area contributed by atoms with Gasteiger partial charge in [0.1, 0.15) is 12.4 Å². The molecule has 0 spiro atoms. The number of para-hydroxylation sites is 1. The predicted octanol–water partition coefficient (Wildman–Crippen LogP) is 3.42. The van der Waals surface area contributed by atoms with Crippen molar-refractivity contribution in [2.45, 2.75) is 32.5 Å². The summed E-state index contributed by atoms with van der Waals surface area (Å²) >= 11 is 0. The zero-order chi connectivity index (χ0) is 22.3. The van der Waals surface area contributed by atoms with Crippen LogP contribution in [0.1, 0.15) is 34.6 Å². The molecule has 3 N–H and O–H groups in total. The van der Waals surface area contributed by atoms with Crippen molar-refractivity contribution in [1.29, 1.82) is 0 Å². The zero-order valence-electron chi connectivity index (χ0n) is 17.8. The Balaban J connectivity index is 1.37. The van der Waals surface area contributed by atoms with E-state index in [2.05, 4.69) is 20.3 Å². The first kappa shape index (κ1) is 21.5. The van der Waals surface area contributed by atoms with E-state index in [0.717, 1.165) is 30.7 Å². The Morgan fingerprint density at radius 3 is 2.88 bits per heavy atom. The Hall–Kier alpha value is -3.72. The molecule has 1 fully saturated rings. The van der Waals surface area contributed by atoms with Crippen molar-refractivity contribution < 1.29 is 19.0 Å². The molecular formula is C23H25N5O4. The van der Waals surface area contributed by atoms with Crippen molar-refractivity contribution >= 4 is 23.6 Å². The lowest BCUT2D eigenvalue weighted by Gasteiger charge is -2.12. The van der Waals surface area contributed by atoms with Crippen LogP contribution >= 0.6 is 0 Å². The summed E-state index contributed by atoms with van der Waals surface area (Å²) in [6, 6.07) is 14.6. The number of anilines is 3. The Morgan fingerprint density at radius 1 is 1.19 bits per heavy atom. The number of carbonyl (C=O) groups is 1. The SMILES string of the molecule is Cc1ccccc1Nc1nc(N)nc(COC(=O)c2cccc(OC[C@@H]3CCCO3)c2)n1. The van der Waals surface area contributed by atoms with Crippen LogP contribution in [0.25, 0.3) is 0 Å². The molecule has 0 aliphatic carbocycles. The first-order valence-electron chi connectivity index (χ1n) is 10.4. The van der Waals surface area contributed by atoms with Crippen molar-refractivity contribution in [3.8, 4) is 5.75 Å². The third kappa shape index (κ3) is 5.70. The highest BCUT2D eigenvalue weighted by Crippen LogP contribution is 2.19. The van der Waals surface area contributed by atoms with Crippen LogP contribution < -0.4 is 15.8 Å². The molecule has 1 aromatic heterocycles. The minimum Gasteiger partial charge on any atom is -0.491 e. The zero-order valence-corrected chi connectivity index (χ0v) is 17.8. The fourth-order valence-electron chi connectivity index (χ4n) is 3.28. The summed E-state index contributed by atoms with van der Waals surface area (Å²) in [6.07, 6.45) is 2.13. The third-order valence-electron chi connectivity index (χ3n) is 4.95. The van der Waals surface area contributed by atoms with Gasteiger partial charge < -0.3 is 25.3 Å². The molecule has 9 nitrogen and oxygen atoms in total. The van der Waals surface area contributed by atoms with Crippen LogP contribution in [0.15, 0.2) is 48.5 Å². The number of nitrogen functional groups attached to an aromatic ring is 1. The fourth-order valence-corrected chi connectivity index (χ4v) is 3.28. The van der Waals surface area contributed by atoms with Gasteiger partial charge >= 0.3 is 5.97 Å². The standard InChI is InChI=1S/C23H25N5O4/c1-15-6-2-3-10-19(15)25-23-27-20(26-22(24)28-23)14-32-21(29)16-7-4-8-17(12-16)31-13-18-9-5-11-30-18/h2-4,6-8,10,12,18H,5,9,11,13-14H2,1H3,(H3,24,25,26,27,28)/t18-/m0/s1. The van der Waals surface area contributed by atoms with Crippen LogP contribution in [0.2, 0.25) is 0 Å². The molecule has 0 unspecified atom stereocenters. The number of hydrogen-bond donors (Lipinski definition) is 2. The normalized spacial score (nSPS) is 15.3. The number of nitrogens with zero attached hydrogens (tertiary/aromatic N) is 3. The molecule has 0 bridgehead atoms. The van der Waals surface area contributed by atoms with Gasteiger partial charge in [-0.1, -0.05) is 24.3 Å². The highest BCUT2D eigenvalue weighted by Gasteiger charge is 2.17. The maximum atomic E-state index is 12.5. The molecule has 1 atom stereocenters. The van der Waals surface area contributed by atoms with Gasteiger partial charge in [-0.2, -0.15) is 15.0 Å². The number of aromatic nitrogens is 3. The van der Waals surface area contributed by atoms with Crippen LogP contribution in [0.4, 0.5) is 17.6 Å². The van der Waals surface area contributed by atoms with Crippen LogP contribution in [-0.2, 0) is 16.1 Å². The van der Waals surface area contributed by atoms with Crippen LogP contribution in [0.3, 0.4) is 0 Å². The lowest BCUT2D eigenvalue weighted by molar-refractivity contribution is 0.0461. The summed E-state index contributed by atoms with van der Waals surface area (Å²) in [5.74, 6) is 0.630. The van der Waals surface area contributed by atoms with Crippen molar-refractivity contribution in [3.63, 3.8) is 0 Å². The van der Waals surface area contributed by atoms with E-state index in [-0.39, 0.29) is 30.4 Å². The van der Waals surface area contributed by atoms with Crippen molar-refractivity contribution in [3.05, 3.63) is 65.5 Å². The van der Waals surface area contributed by atoms with E-state index in [1.165, 1.54) is 0 Å². The average Bonchev–Trinajstić information content (AvgIpc) is 3.31. The molecule has 32 heavy (non-hydrogen) atoms. The molecule has 1 aliphatic rings. The number of nitrogens with two attached hydrogens (primary N) is 1. The van der Waals surface area contributed by atoms with Crippen molar-refractivity contribution in [2.24, 2.45) is 0 Å². The predicted molar refractivity (Wildman–Crippen MR) is 119 cm³/mol. The molecule has 3 aromatic rings. The Kier molecular flexibility index (Phi) is 6.76. The summed E-state index contributed by atoms with van der Waals surface area (Å²) in [5.41, 5.74) is 8.05.